The van der Waals surface area contributed by atoms with Crippen molar-refractivity contribution in [3.05, 3.63) is 83.6 Å². The Morgan fingerprint density at radius 3 is 2.26 bits per heavy atom. The standard InChI is InChI=1S/C21H19N3O3/c1-14-5-3-4-6-18(14)20(25)24-19-12-11-17(13-22-19)23-16-9-7-15(8-10-16)21(26)27-2/h3-13,23H,1-2H3,(H,22,24,25). The summed E-state index contributed by atoms with van der Waals surface area (Å²) >= 11 is 0. The number of nitrogens with zero attached hydrogens (tertiary/aromatic N) is 1. The van der Waals surface area contributed by atoms with Crippen molar-refractivity contribution in [3.63, 3.8) is 0 Å². The molecule has 0 spiro atoms. The number of anilines is 3. The third kappa shape index (κ3) is 4.49. The number of rotatable bonds is 5. The van der Waals surface area contributed by atoms with Gasteiger partial charge < -0.3 is 15.4 Å². The average Bonchev–Trinajstić information content (AvgIpc) is 2.69. The summed E-state index contributed by atoms with van der Waals surface area (Å²) in [4.78, 5) is 28.0. The summed E-state index contributed by atoms with van der Waals surface area (Å²) < 4.78 is 4.67. The Morgan fingerprint density at radius 2 is 1.63 bits per heavy atom. The number of nitrogens with one attached hydrogen (secondary N) is 2. The van der Waals surface area contributed by atoms with E-state index in [1.165, 1.54) is 7.11 Å². The summed E-state index contributed by atoms with van der Waals surface area (Å²) in [5.74, 6) is -0.105. The summed E-state index contributed by atoms with van der Waals surface area (Å²) in [6.07, 6.45) is 1.63. The lowest BCUT2D eigenvalue weighted by Gasteiger charge is -2.09. The van der Waals surface area contributed by atoms with Crippen LogP contribution in [0.15, 0.2) is 66.9 Å². The first-order chi connectivity index (χ1) is 13.1. The largest absolute Gasteiger partial charge is 0.465 e. The van der Waals surface area contributed by atoms with E-state index >= 15 is 0 Å². The quantitative estimate of drug-likeness (QED) is 0.667. The Labute approximate surface area is 157 Å². The number of methoxy groups -OCH3 is 1. The minimum Gasteiger partial charge on any atom is -0.465 e. The molecular weight excluding hydrogens is 342 g/mol. The molecule has 2 N–H and O–H groups in total. The van der Waals surface area contributed by atoms with Crippen LogP contribution in [0.3, 0.4) is 0 Å². The Hall–Kier alpha value is -3.67. The number of esters is 1. The van der Waals surface area contributed by atoms with Crippen LogP contribution in [0.25, 0.3) is 0 Å². The lowest BCUT2D eigenvalue weighted by Crippen LogP contribution is -2.14. The molecule has 0 bridgehead atoms. The van der Waals surface area contributed by atoms with Gasteiger partial charge in [-0.05, 0) is 55.0 Å². The van der Waals surface area contributed by atoms with Crippen LogP contribution < -0.4 is 10.6 Å². The molecule has 3 aromatic rings. The van der Waals surface area contributed by atoms with Gasteiger partial charge in [0, 0.05) is 11.3 Å². The fraction of sp³-hybridized carbons (Fsp3) is 0.0952. The van der Waals surface area contributed by atoms with Gasteiger partial charge in [0.25, 0.3) is 5.91 Å². The molecule has 0 saturated carbocycles. The van der Waals surface area contributed by atoms with Crippen molar-refractivity contribution in [2.24, 2.45) is 0 Å². The van der Waals surface area contributed by atoms with Crippen LogP contribution in [-0.4, -0.2) is 24.0 Å². The smallest absolute Gasteiger partial charge is 0.337 e. The molecule has 0 saturated heterocycles. The number of pyridine rings is 1. The molecule has 0 fully saturated rings. The molecule has 0 aliphatic carbocycles. The van der Waals surface area contributed by atoms with Gasteiger partial charge in [-0.3, -0.25) is 4.79 Å². The maximum absolute atomic E-state index is 12.3. The zero-order chi connectivity index (χ0) is 19.2. The third-order valence-electron chi connectivity index (χ3n) is 3.99. The molecule has 3 rings (SSSR count). The number of hydrogen-bond donors (Lipinski definition) is 2. The first-order valence-corrected chi connectivity index (χ1v) is 8.35. The maximum atomic E-state index is 12.3. The fourth-order valence-corrected chi connectivity index (χ4v) is 2.53. The van der Waals surface area contributed by atoms with Crippen molar-refractivity contribution >= 4 is 29.1 Å². The number of aromatic nitrogens is 1. The van der Waals surface area contributed by atoms with E-state index in [0.717, 1.165) is 16.9 Å². The molecule has 2 aromatic carbocycles. The molecular formula is C21H19N3O3. The van der Waals surface area contributed by atoms with Gasteiger partial charge in [-0.15, -0.1) is 0 Å². The molecule has 1 aromatic heterocycles. The predicted octanol–water partition coefficient (Wildman–Crippen LogP) is 4.17. The van der Waals surface area contributed by atoms with Crippen molar-refractivity contribution in [2.45, 2.75) is 6.92 Å². The van der Waals surface area contributed by atoms with Gasteiger partial charge >= 0.3 is 5.97 Å². The van der Waals surface area contributed by atoms with Crippen LogP contribution in [0.5, 0.6) is 0 Å². The molecule has 6 heteroatoms. The summed E-state index contributed by atoms with van der Waals surface area (Å²) in [5, 5.41) is 5.97. The highest BCUT2D eigenvalue weighted by molar-refractivity contribution is 6.04. The molecule has 0 atom stereocenters. The average molecular weight is 361 g/mol. The topological polar surface area (TPSA) is 80.3 Å². The van der Waals surface area contributed by atoms with Crippen molar-refractivity contribution in [1.29, 1.82) is 0 Å². The minimum atomic E-state index is -0.378. The second-order valence-electron chi connectivity index (χ2n) is 5.90. The number of ether oxygens (including phenoxy) is 1. The van der Waals surface area contributed by atoms with Crippen LogP contribution in [0.4, 0.5) is 17.2 Å². The van der Waals surface area contributed by atoms with Crippen LogP contribution in [0.1, 0.15) is 26.3 Å². The second-order valence-corrected chi connectivity index (χ2v) is 5.90. The summed E-state index contributed by atoms with van der Waals surface area (Å²) in [5.41, 5.74) is 3.57. The summed E-state index contributed by atoms with van der Waals surface area (Å²) in [7, 11) is 1.35. The van der Waals surface area contributed by atoms with E-state index in [1.54, 1.807) is 42.6 Å². The SMILES string of the molecule is COC(=O)c1ccc(Nc2ccc(NC(=O)c3ccccc3C)nc2)cc1. The minimum absolute atomic E-state index is 0.195. The Morgan fingerprint density at radius 1 is 0.926 bits per heavy atom. The van der Waals surface area contributed by atoms with E-state index in [1.807, 2.05) is 31.2 Å². The molecule has 0 aliphatic heterocycles. The first kappa shape index (κ1) is 18.1. The van der Waals surface area contributed by atoms with Gasteiger partial charge in [0.2, 0.25) is 0 Å². The van der Waals surface area contributed by atoms with Gasteiger partial charge in [0.1, 0.15) is 5.82 Å². The highest BCUT2D eigenvalue weighted by Gasteiger charge is 2.09. The van der Waals surface area contributed by atoms with Crippen molar-refractivity contribution in [3.8, 4) is 0 Å². The third-order valence-corrected chi connectivity index (χ3v) is 3.99. The van der Waals surface area contributed by atoms with E-state index in [0.29, 0.717) is 16.9 Å². The van der Waals surface area contributed by atoms with Gasteiger partial charge in [-0.1, -0.05) is 18.2 Å². The van der Waals surface area contributed by atoms with Crippen LogP contribution in [0, 0.1) is 6.92 Å². The number of amides is 1. The number of benzene rings is 2. The van der Waals surface area contributed by atoms with E-state index in [4.69, 9.17) is 0 Å². The molecule has 1 heterocycles. The van der Waals surface area contributed by atoms with Gasteiger partial charge in [-0.2, -0.15) is 0 Å². The molecule has 1 amide bonds. The normalized spacial score (nSPS) is 10.1. The highest BCUT2D eigenvalue weighted by atomic mass is 16.5. The van der Waals surface area contributed by atoms with Gasteiger partial charge in [-0.25, -0.2) is 9.78 Å². The fourth-order valence-electron chi connectivity index (χ4n) is 2.53. The Balaban J connectivity index is 1.64. The molecule has 136 valence electrons. The van der Waals surface area contributed by atoms with Crippen LogP contribution in [0.2, 0.25) is 0 Å². The molecule has 0 unspecified atom stereocenters. The van der Waals surface area contributed by atoms with E-state index in [9.17, 15) is 9.59 Å². The zero-order valence-corrected chi connectivity index (χ0v) is 15.0. The Kier molecular flexibility index (Phi) is 5.47. The molecule has 6 nitrogen and oxygen atoms in total. The van der Waals surface area contributed by atoms with E-state index in [2.05, 4.69) is 20.4 Å². The van der Waals surface area contributed by atoms with Crippen molar-refractivity contribution < 1.29 is 14.3 Å². The van der Waals surface area contributed by atoms with Crippen molar-refractivity contribution in [2.75, 3.05) is 17.7 Å². The number of aryl methyl sites for hydroxylation is 1. The highest BCUT2D eigenvalue weighted by Crippen LogP contribution is 2.18. The summed E-state index contributed by atoms with van der Waals surface area (Å²) in [6, 6.07) is 17.8. The lowest BCUT2D eigenvalue weighted by atomic mass is 10.1. The zero-order valence-electron chi connectivity index (χ0n) is 15.0. The van der Waals surface area contributed by atoms with Crippen molar-refractivity contribution in [1.82, 2.24) is 4.98 Å². The lowest BCUT2D eigenvalue weighted by molar-refractivity contribution is 0.0600. The number of carbonyl (C=O) groups is 2. The molecule has 27 heavy (non-hydrogen) atoms. The number of hydrogen-bond acceptors (Lipinski definition) is 5. The van der Waals surface area contributed by atoms with Crippen LogP contribution in [-0.2, 0) is 4.74 Å². The summed E-state index contributed by atoms with van der Waals surface area (Å²) in [6.45, 7) is 1.89. The second kappa shape index (κ2) is 8.14. The van der Waals surface area contributed by atoms with E-state index < -0.39 is 0 Å². The van der Waals surface area contributed by atoms with Gasteiger partial charge in [0.15, 0.2) is 0 Å². The van der Waals surface area contributed by atoms with Gasteiger partial charge in [0.05, 0.1) is 24.6 Å². The maximum Gasteiger partial charge on any atom is 0.337 e. The Bertz CT molecular complexity index is 951. The molecule has 0 aliphatic rings. The predicted molar refractivity (Wildman–Crippen MR) is 104 cm³/mol. The number of carbonyl (C=O) groups excluding carboxylic acids is 2. The van der Waals surface area contributed by atoms with E-state index in [-0.39, 0.29) is 11.9 Å². The van der Waals surface area contributed by atoms with Crippen LogP contribution >= 0.6 is 0 Å². The monoisotopic (exact) mass is 361 g/mol. The first-order valence-electron chi connectivity index (χ1n) is 8.35. The molecule has 0 radical (unpaired) electrons.